The van der Waals surface area contributed by atoms with Crippen LogP contribution in [0.2, 0.25) is 0 Å². The molecule has 0 radical (unpaired) electrons. The SMILES string of the molecule is CCCC1CC(CC)C2CC(C)CC12. The van der Waals surface area contributed by atoms with E-state index >= 15 is 0 Å². The molecular formula is C14H26. The summed E-state index contributed by atoms with van der Waals surface area (Å²) in [6.07, 6.45) is 9.00. The second-order valence-electron chi connectivity index (χ2n) is 5.86. The summed E-state index contributed by atoms with van der Waals surface area (Å²) < 4.78 is 0. The Morgan fingerprint density at radius 2 is 1.57 bits per heavy atom. The predicted octanol–water partition coefficient (Wildman–Crippen LogP) is 4.49. The van der Waals surface area contributed by atoms with Gasteiger partial charge in [-0.2, -0.15) is 0 Å². The van der Waals surface area contributed by atoms with Gasteiger partial charge in [-0.1, -0.05) is 40.0 Å². The van der Waals surface area contributed by atoms with Crippen molar-refractivity contribution >= 4 is 0 Å². The van der Waals surface area contributed by atoms with Gasteiger partial charge >= 0.3 is 0 Å². The number of rotatable bonds is 3. The van der Waals surface area contributed by atoms with Gasteiger partial charge in [-0.05, 0) is 48.9 Å². The zero-order valence-corrected chi connectivity index (χ0v) is 10.1. The van der Waals surface area contributed by atoms with E-state index in [0.717, 1.165) is 29.6 Å². The number of fused-ring (bicyclic) bond motifs is 1. The molecule has 0 nitrogen and oxygen atoms in total. The highest BCUT2D eigenvalue weighted by Crippen LogP contribution is 2.54. The third-order valence-electron chi connectivity index (χ3n) is 4.90. The minimum Gasteiger partial charge on any atom is -0.0654 e. The van der Waals surface area contributed by atoms with Crippen molar-refractivity contribution in [2.24, 2.45) is 29.6 Å². The highest BCUT2D eigenvalue weighted by molar-refractivity contribution is 4.95. The van der Waals surface area contributed by atoms with Crippen LogP contribution in [0.5, 0.6) is 0 Å². The Hall–Kier alpha value is 0. The van der Waals surface area contributed by atoms with Gasteiger partial charge in [0.2, 0.25) is 0 Å². The van der Waals surface area contributed by atoms with Crippen molar-refractivity contribution in [1.29, 1.82) is 0 Å². The van der Waals surface area contributed by atoms with E-state index in [1.165, 1.54) is 19.3 Å². The average molecular weight is 194 g/mol. The highest BCUT2D eigenvalue weighted by Gasteiger charge is 2.46. The van der Waals surface area contributed by atoms with E-state index in [4.69, 9.17) is 0 Å². The first-order valence-electron chi connectivity index (χ1n) is 6.76. The van der Waals surface area contributed by atoms with Crippen LogP contribution in [0.25, 0.3) is 0 Å². The highest BCUT2D eigenvalue weighted by atomic mass is 14.5. The van der Waals surface area contributed by atoms with E-state index in [2.05, 4.69) is 20.8 Å². The largest absolute Gasteiger partial charge is 0.0654 e. The molecule has 2 fully saturated rings. The summed E-state index contributed by atoms with van der Waals surface area (Å²) in [6.45, 7) is 7.22. The van der Waals surface area contributed by atoms with Crippen molar-refractivity contribution < 1.29 is 0 Å². The van der Waals surface area contributed by atoms with Crippen LogP contribution in [-0.2, 0) is 0 Å². The van der Waals surface area contributed by atoms with E-state index in [0.29, 0.717) is 0 Å². The van der Waals surface area contributed by atoms with Crippen molar-refractivity contribution in [1.82, 2.24) is 0 Å². The van der Waals surface area contributed by atoms with Crippen molar-refractivity contribution in [2.75, 3.05) is 0 Å². The minimum atomic E-state index is 1.03. The van der Waals surface area contributed by atoms with Gasteiger partial charge in [0.25, 0.3) is 0 Å². The van der Waals surface area contributed by atoms with E-state index in [1.54, 1.807) is 19.3 Å². The van der Waals surface area contributed by atoms with Crippen LogP contribution < -0.4 is 0 Å². The molecule has 2 saturated carbocycles. The molecule has 0 heterocycles. The summed E-state index contributed by atoms with van der Waals surface area (Å²) in [7, 11) is 0. The van der Waals surface area contributed by atoms with Crippen LogP contribution in [0.3, 0.4) is 0 Å². The summed E-state index contributed by atoms with van der Waals surface area (Å²) in [4.78, 5) is 0. The molecule has 0 spiro atoms. The normalized spacial score (nSPS) is 46.9. The van der Waals surface area contributed by atoms with Crippen molar-refractivity contribution in [3.05, 3.63) is 0 Å². The molecule has 14 heavy (non-hydrogen) atoms. The van der Waals surface area contributed by atoms with Crippen LogP contribution in [-0.4, -0.2) is 0 Å². The molecule has 0 heteroatoms. The Labute approximate surface area is 89.5 Å². The van der Waals surface area contributed by atoms with Gasteiger partial charge in [0.1, 0.15) is 0 Å². The van der Waals surface area contributed by atoms with E-state index < -0.39 is 0 Å². The van der Waals surface area contributed by atoms with Crippen molar-refractivity contribution in [2.45, 2.75) is 59.3 Å². The van der Waals surface area contributed by atoms with E-state index in [1.807, 2.05) is 0 Å². The zero-order chi connectivity index (χ0) is 10.1. The second-order valence-corrected chi connectivity index (χ2v) is 5.86. The van der Waals surface area contributed by atoms with Gasteiger partial charge in [0.05, 0.1) is 0 Å². The molecular weight excluding hydrogens is 168 g/mol. The maximum atomic E-state index is 2.47. The molecule has 2 aliphatic carbocycles. The first-order valence-corrected chi connectivity index (χ1v) is 6.76. The van der Waals surface area contributed by atoms with Gasteiger partial charge in [0.15, 0.2) is 0 Å². The van der Waals surface area contributed by atoms with Gasteiger partial charge in [-0.15, -0.1) is 0 Å². The third kappa shape index (κ3) is 1.73. The lowest BCUT2D eigenvalue weighted by Crippen LogP contribution is -2.10. The summed E-state index contributed by atoms with van der Waals surface area (Å²) >= 11 is 0. The molecule has 0 bridgehead atoms. The fraction of sp³-hybridized carbons (Fsp3) is 1.00. The molecule has 82 valence electrons. The Balaban J connectivity index is 2.03. The summed E-state index contributed by atoms with van der Waals surface area (Å²) in [5.41, 5.74) is 0. The average Bonchev–Trinajstić information content (AvgIpc) is 2.66. The molecule has 0 aromatic carbocycles. The molecule has 2 rings (SSSR count). The second kappa shape index (κ2) is 4.24. The predicted molar refractivity (Wildman–Crippen MR) is 62.2 cm³/mol. The van der Waals surface area contributed by atoms with Crippen LogP contribution in [0.1, 0.15) is 59.3 Å². The fourth-order valence-corrected chi connectivity index (χ4v) is 4.37. The Morgan fingerprint density at radius 1 is 0.929 bits per heavy atom. The molecule has 0 aromatic heterocycles. The molecule has 2 aliphatic rings. The molecule has 0 aromatic rings. The Bertz CT molecular complexity index is 184. The smallest absolute Gasteiger partial charge is 0.0352 e. The summed E-state index contributed by atoms with van der Waals surface area (Å²) in [5.74, 6) is 5.45. The lowest BCUT2D eigenvalue weighted by Gasteiger charge is -2.17. The first kappa shape index (κ1) is 10.5. The Kier molecular flexibility index (Phi) is 3.19. The van der Waals surface area contributed by atoms with Gasteiger partial charge in [0, 0.05) is 0 Å². The van der Waals surface area contributed by atoms with Gasteiger partial charge in [-0.3, -0.25) is 0 Å². The lowest BCUT2D eigenvalue weighted by molar-refractivity contribution is 0.317. The molecule has 0 N–H and O–H groups in total. The molecule has 5 atom stereocenters. The lowest BCUT2D eigenvalue weighted by atomic mass is 9.88. The molecule has 5 unspecified atom stereocenters. The molecule has 0 saturated heterocycles. The standard InChI is InChI=1S/C14H26/c1-4-6-12-9-11(5-2)13-7-10(3)8-14(12)13/h10-14H,4-9H2,1-3H3. The van der Waals surface area contributed by atoms with Crippen LogP contribution >= 0.6 is 0 Å². The zero-order valence-electron chi connectivity index (χ0n) is 10.1. The monoisotopic (exact) mass is 194 g/mol. The number of hydrogen-bond donors (Lipinski definition) is 0. The molecule has 0 aliphatic heterocycles. The Morgan fingerprint density at radius 3 is 2.14 bits per heavy atom. The summed E-state index contributed by atoms with van der Waals surface area (Å²) in [6, 6.07) is 0. The maximum Gasteiger partial charge on any atom is -0.0352 e. The van der Waals surface area contributed by atoms with E-state index in [-0.39, 0.29) is 0 Å². The fourth-order valence-electron chi connectivity index (χ4n) is 4.37. The van der Waals surface area contributed by atoms with Crippen molar-refractivity contribution in [3.63, 3.8) is 0 Å². The van der Waals surface area contributed by atoms with E-state index in [9.17, 15) is 0 Å². The van der Waals surface area contributed by atoms with Crippen molar-refractivity contribution in [3.8, 4) is 0 Å². The van der Waals surface area contributed by atoms with Gasteiger partial charge < -0.3 is 0 Å². The minimum absolute atomic E-state index is 1.03. The van der Waals surface area contributed by atoms with Gasteiger partial charge in [-0.25, -0.2) is 0 Å². The maximum absolute atomic E-state index is 2.47. The van der Waals surface area contributed by atoms with Crippen LogP contribution in [0.4, 0.5) is 0 Å². The first-order chi connectivity index (χ1) is 6.76. The number of hydrogen-bond acceptors (Lipinski definition) is 0. The van der Waals surface area contributed by atoms with Crippen LogP contribution in [0.15, 0.2) is 0 Å². The quantitative estimate of drug-likeness (QED) is 0.621. The van der Waals surface area contributed by atoms with Crippen LogP contribution in [0, 0.1) is 29.6 Å². The third-order valence-corrected chi connectivity index (χ3v) is 4.90. The molecule has 0 amide bonds. The topological polar surface area (TPSA) is 0 Å². The summed E-state index contributed by atoms with van der Waals surface area (Å²) in [5, 5.41) is 0.